The Kier molecular flexibility index (Phi) is 5.60. The Hall–Kier alpha value is -0.570. The van der Waals surface area contributed by atoms with Gasteiger partial charge >= 0.3 is 5.97 Å². The quantitative estimate of drug-likeness (QED) is 0.501. The van der Waals surface area contributed by atoms with Crippen molar-refractivity contribution in [1.29, 1.82) is 0 Å². The number of carbonyl (C=O) groups excluding carboxylic acids is 1. The molecule has 1 saturated carbocycles. The summed E-state index contributed by atoms with van der Waals surface area (Å²) in [7, 11) is 0. The third-order valence-electron chi connectivity index (χ3n) is 2.61. The first kappa shape index (κ1) is 11.5. The Morgan fingerprint density at radius 3 is 2.79 bits per heavy atom. The van der Waals surface area contributed by atoms with Crippen LogP contribution < -0.4 is 5.32 Å². The van der Waals surface area contributed by atoms with Crippen molar-refractivity contribution >= 4 is 5.97 Å². The third-order valence-corrected chi connectivity index (χ3v) is 2.61. The highest BCUT2D eigenvalue weighted by atomic mass is 16.5. The molecular formula is C11H21NO2. The minimum absolute atomic E-state index is 0.0201. The fraction of sp³-hybridized carbons (Fsp3) is 0.909. The molecule has 0 saturated heterocycles. The highest BCUT2D eigenvalue weighted by molar-refractivity contribution is 5.73. The fourth-order valence-electron chi connectivity index (χ4n) is 1.43. The van der Waals surface area contributed by atoms with Crippen molar-refractivity contribution in [2.24, 2.45) is 5.92 Å². The molecule has 1 N–H and O–H groups in total. The van der Waals surface area contributed by atoms with Crippen molar-refractivity contribution in [1.82, 2.24) is 5.32 Å². The van der Waals surface area contributed by atoms with Gasteiger partial charge in [0.05, 0.1) is 12.5 Å². The van der Waals surface area contributed by atoms with E-state index in [0.29, 0.717) is 6.61 Å². The summed E-state index contributed by atoms with van der Waals surface area (Å²) in [5.41, 5.74) is 0. The summed E-state index contributed by atoms with van der Waals surface area (Å²) >= 11 is 0. The Labute approximate surface area is 86.2 Å². The second kappa shape index (κ2) is 6.82. The number of hydrogen-bond acceptors (Lipinski definition) is 3. The molecule has 0 radical (unpaired) electrons. The van der Waals surface area contributed by atoms with Crippen LogP contribution in [-0.2, 0) is 9.53 Å². The van der Waals surface area contributed by atoms with E-state index < -0.39 is 0 Å². The monoisotopic (exact) mass is 199 g/mol. The van der Waals surface area contributed by atoms with E-state index >= 15 is 0 Å². The SMILES string of the molecule is CCCNCCCOC(=O)C1CCC1. The van der Waals surface area contributed by atoms with Gasteiger partial charge in [0.1, 0.15) is 0 Å². The number of nitrogens with one attached hydrogen (secondary N) is 1. The van der Waals surface area contributed by atoms with Crippen LogP contribution in [-0.4, -0.2) is 25.7 Å². The Bertz CT molecular complexity index is 167. The van der Waals surface area contributed by atoms with E-state index in [1.165, 1.54) is 6.42 Å². The molecule has 1 aliphatic carbocycles. The van der Waals surface area contributed by atoms with Gasteiger partial charge in [-0.25, -0.2) is 0 Å². The van der Waals surface area contributed by atoms with E-state index in [0.717, 1.165) is 38.8 Å². The zero-order valence-corrected chi connectivity index (χ0v) is 9.05. The Balaban J connectivity index is 1.85. The molecule has 0 aliphatic heterocycles. The predicted molar refractivity (Wildman–Crippen MR) is 56.1 cm³/mol. The first-order valence-electron chi connectivity index (χ1n) is 5.72. The van der Waals surface area contributed by atoms with Crippen LogP contribution in [0, 0.1) is 5.92 Å². The molecule has 0 bridgehead atoms. The topological polar surface area (TPSA) is 38.3 Å². The van der Waals surface area contributed by atoms with Crippen LogP contribution in [0.1, 0.15) is 39.0 Å². The van der Waals surface area contributed by atoms with Crippen LogP contribution in [0.3, 0.4) is 0 Å². The lowest BCUT2D eigenvalue weighted by Crippen LogP contribution is -2.25. The predicted octanol–water partition coefficient (Wildman–Crippen LogP) is 1.72. The number of rotatable bonds is 7. The summed E-state index contributed by atoms with van der Waals surface area (Å²) in [5.74, 6) is 0.241. The highest BCUT2D eigenvalue weighted by Crippen LogP contribution is 2.27. The molecule has 3 heteroatoms. The Morgan fingerprint density at radius 1 is 1.43 bits per heavy atom. The average Bonchev–Trinajstić information content (AvgIpc) is 2.08. The summed E-state index contributed by atoms with van der Waals surface area (Å²) in [4.78, 5) is 11.3. The first-order chi connectivity index (χ1) is 6.84. The molecular weight excluding hydrogens is 178 g/mol. The first-order valence-corrected chi connectivity index (χ1v) is 5.72. The second-order valence-corrected chi connectivity index (χ2v) is 3.90. The van der Waals surface area contributed by atoms with E-state index in [-0.39, 0.29) is 11.9 Å². The Morgan fingerprint density at radius 2 is 2.21 bits per heavy atom. The number of ether oxygens (including phenoxy) is 1. The molecule has 0 aromatic rings. The lowest BCUT2D eigenvalue weighted by atomic mass is 9.86. The maximum absolute atomic E-state index is 11.3. The van der Waals surface area contributed by atoms with Crippen molar-refractivity contribution in [2.45, 2.75) is 39.0 Å². The summed E-state index contributed by atoms with van der Waals surface area (Å²) in [6.07, 6.45) is 5.35. The van der Waals surface area contributed by atoms with Crippen LogP contribution in [0.15, 0.2) is 0 Å². The van der Waals surface area contributed by atoms with Crippen molar-refractivity contribution in [3.05, 3.63) is 0 Å². The van der Waals surface area contributed by atoms with Gasteiger partial charge in [-0.2, -0.15) is 0 Å². The maximum atomic E-state index is 11.3. The summed E-state index contributed by atoms with van der Waals surface area (Å²) in [6.45, 7) is 4.72. The lowest BCUT2D eigenvalue weighted by molar-refractivity contribution is -0.151. The van der Waals surface area contributed by atoms with Gasteiger partial charge in [-0.05, 0) is 38.8 Å². The highest BCUT2D eigenvalue weighted by Gasteiger charge is 2.26. The maximum Gasteiger partial charge on any atom is 0.308 e. The molecule has 0 aromatic heterocycles. The summed E-state index contributed by atoms with van der Waals surface area (Å²) in [6, 6.07) is 0. The van der Waals surface area contributed by atoms with Gasteiger partial charge in [-0.3, -0.25) is 4.79 Å². The van der Waals surface area contributed by atoms with E-state index in [9.17, 15) is 4.79 Å². The molecule has 0 amide bonds. The van der Waals surface area contributed by atoms with Gasteiger partial charge < -0.3 is 10.1 Å². The molecule has 0 unspecified atom stereocenters. The van der Waals surface area contributed by atoms with Gasteiger partial charge in [0, 0.05) is 0 Å². The normalized spacial score (nSPS) is 16.4. The average molecular weight is 199 g/mol. The van der Waals surface area contributed by atoms with Crippen LogP contribution >= 0.6 is 0 Å². The molecule has 0 aromatic carbocycles. The molecule has 1 rings (SSSR count). The third kappa shape index (κ3) is 4.09. The molecule has 1 aliphatic rings. The van der Waals surface area contributed by atoms with Crippen LogP contribution in [0.25, 0.3) is 0 Å². The summed E-state index contributed by atoms with van der Waals surface area (Å²) in [5, 5.41) is 3.27. The minimum atomic E-state index is 0.0201. The molecule has 14 heavy (non-hydrogen) atoms. The molecule has 0 atom stereocenters. The molecule has 3 nitrogen and oxygen atoms in total. The van der Waals surface area contributed by atoms with Gasteiger partial charge in [-0.1, -0.05) is 13.3 Å². The molecule has 1 fully saturated rings. The number of carbonyl (C=O) groups is 1. The van der Waals surface area contributed by atoms with E-state index in [1.807, 2.05) is 0 Å². The van der Waals surface area contributed by atoms with Crippen LogP contribution in [0.4, 0.5) is 0 Å². The molecule has 82 valence electrons. The summed E-state index contributed by atoms with van der Waals surface area (Å²) < 4.78 is 5.15. The number of esters is 1. The van der Waals surface area contributed by atoms with Crippen molar-refractivity contribution in [3.8, 4) is 0 Å². The largest absolute Gasteiger partial charge is 0.465 e. The minimum Gasteiger partial charge on any atom is -0.465 e. The van der Waals surface area contributed by atoms with Crippen LogP contribution in [0.5, 0.6) is 0 Å². The van der Waals surface area contributed by atoms with E-state index in [4.69, 9.17) is 4.74 Å². The van der Waals surface area contributed by atoms with Crippen molar-refractivity contribution in [2.75, 3.05) is 19.7 Å². The zero-order chi connectivity index (χ0) is 10.2. The standard InChI is InChI=1S/C11H21NO2/c1-2-7-12-8-4-9-14-11(13)10-5-3-6-10/h10,12H,2-9H2,1H3. The van der Waals surface area contributed by atoms with E-state index in [1.54, 1.807) is 0 Å². The van der Waals surface area contributed by atoms with Crippen molar-refractivity contribution < 1.29 is 9.53 Å². The second-order valence-electron chi connectivity index (χ2n) is 3.90. The van der Waals surface area contributed by atoms with E-state index in [2.05, 4.69) is 12.2 Å². The smallest absolute Gasteiger partial charge is 0.308 e. The van der Waals surface area contributed by atoms with Gasteiger partial charge in [-0.15, -0.1) is 0 Å². The van der Waals surface area contributed by atoms with Gasteiger partial charge in [0.25, 0.3) is 0 Å². The number of hydrogen-bond donors (Lipinski definition) is 1. The van der Waals surface area contributed by atoms with Gasteiger partial charge in [0.15, 0.2) is 0 Å². The molecule has 0 heterocycles. The lowest BCUT2D eigenvalue weighted by Gasteiger charge is -2.23. The van der Waals surface area contributed by atoms with Crippen LogP contribution in [0.2, 0.25) is 0 Å². The fourth-order valence-corrected chi connectivity index (χ4v) is 1.43. The van der Waals surface area contributed by atoms with Gasteiger partial charge in [0.2, 0.25) is 0 Å². The zero-order valence-electron chi connectivity index (χ0n) is 9.05. The molecule has 0 spiro atoms. The van der Waals surface area contributed by atoms with Crippen molar-refractivity contribution in [3.63, 3.8) is 0 Å².